The van der Waals surface area contributed by atoms with Gasteiger partial charge < -0.3 is 0 Å². The van der Waals surface area contributed by atoms with Gasteiger partial charge in [0.1, 0.15) is 4.90 Å². The van der Waals surface area contributed by atoms with Gasteiger partial charge in [-0.05, 0) is 25.7 Å². The fourth-order valence-corrected chi connectivity index (χ4v) is 4.67. The van der Waals surface area contributed by atoms with E-state index in [1.54, 1.807) is 15.2 Å². The number of sulfonamides is 1. The molecule has 0 aliphatic rings. The van der Waals surface area contributed by atoms with Gasteiger partial charge in [-0.15, -0.1) is 0 Å². The quantitative estimate of drug-likeness (QED) is 0.739. The Labute approximate surface area is 148 Å². The highest BCUT2D eigenvalue weighted by atomic mass is 32.2. The molecule has 0 radical (unpaired) electrons. The first-order chi connectivity index (χ1) is 10.8. The lowest BCUT2D eigenvalue weighted by Gasteiger charge is -2.27. The van der Waals surface area contributed by atoms with Crippen molar-refractivity contribution in [3.05, 3.63) is 11.9 Å². The molecule has 6 heteroatoms. The van der Waals surface area contributed by atoms with Crippen LogP contribution in [0.4, 0.5) is 0 Å². The molecule has 0 atom stereocenters. The van der Waals surface area contributed by atoms with E-state index in [1.165, 1.54) is 0 Å². The molecule has 1 rings (SSSR count). The van der Waals surface area contributed by atoms with Crippen LogP contribution in [0.2, 0.25) is 0 Å². The summed E-state index contributed by atoms with van der Waals surface area (Å²) in [5.74, 6) is 0.550. The Bertz CT molecular complexity index is 628. The van der Waals surface area contributed by atoms with Crippen molar-refractivity contribution in [1.82, 2.24) is 14.1 Å². The zero-order chi connectivity index (χ0) is 18.9. The monoisotopic (exact) mass is 357 g/mol. The summed E-state index contributed by atoms with van der Waals surface area (Å²) in [6, 6.07) is 0.124. The summed E-state index contributed by atoms with van der Waals surface area (Å²) in [4.78, 5) is 0.352. The topological polar surface area (TPSA) is 55.2 Å². The van der Waals surface area contributed by atoms with Crippen LogP contribution in [0, 0.1) is 11.8 Å². The van der Waals surface area contributed by atoms with Crippen LogP contribution in [0.25, 0.3) is 0 Å². The van der Waals surface area contributed by atoms with Gasteiger partial charge in [0.2, 0.25) is 10.0 Å². The van der Waals surface area contributed by atoms with Gasteiger partial charge >= 0.3 is 0 Å². The molecule has 0 saturated heterocycles. The van der Waals surface area contributed by atoms with Crippen LogP contribution < -0.4 is 0 Å². The van der Waals surface area contributed by atoms with E-state index in [-0.39, 0.29) is 23.3 Å². The molecular weight excluding hydrogens is 322 g/mol. The molecule has 5 nitrogen and oxygen atoms in total. The average Bonchev–Trinajstić information content (AvgIpc) is 2.82. The first kappa shape index (κ1) is 21.2. The molecule has 0 fully saturated rings. The third-order valence-electron chi connectivity index (χ3n) is 3.69. The lowest BCUT2D eigenvalue weighted by Crippen LogP contribution is -2.37. The summed E-state index contributed by atoms with van der Waals surface area (Å²) < 4.78 is 30.1. The van der Waals surface area contributed by atoms with Crippen molar-refractivity contribution in [3.63, 3.8) is 0 Å². The predicted molar refractivity (Wildman–Crippen MR) is 99.7 cm³/mol. The minimum absolute atomic E-state index is 0.124. The second kappa shape index (κ2) is 7.56. The van der Waals surface area contributed by atoms with Gasteiger partial charge in [0.15, 0.2) is 0 Å². The molecule has 0 aliphatic heterocycles. The van der Waals surface area contributed by atoms with E-state index in [0.717, 1.165) is 0 Å². The molecule has 0 bridgehead atoms. The van der Waals surface area contributed by atoms with Crippen LogP contribution in [-0.2, 0) is 15.4 Å². The smallest absolute Gasteiger partial charge is 0.246 e. The average molecular weight is 358 g/mol. The first-order valence-electron chi connectivity index (χ1n) is 8.86. The zero-order valence-electron chi connectivity index (χ0n) is 16.8. The van der Waals surface area contributed by atoms with Gasteiger partial charge in [0.25, 0.3) is 0 Å². The van der Waals surface area contributed by atoms with Crippen LogP contribution in [0.1, 0.15) is 74.0 Å². The first-order valence-corrected chi connectivity index (χ1v) is 10.3. The van der Waals surface area contributed by atoms with Crippen molar-refractivity contribution >= 4 is 10.0 Å². The van der Waals surface area contributed by atoms with E-state index < -0.39 is 10.0 Å². The Morgan fingerprint density at radius 3 is 1.83 bits per heavy atom. The molecule has 0 N–H and O–H groups in total. The van der Waals surface area contributed by atoms with Crippen LogP contribution in [0.15, 0.2) is 11.1 Å². The summed E-state index contributed by atoms with van der Waals surface area (Å²) in [5.41, 5.74) is 0.317. The molecule has 0 aromatic carbocycles. The normalized spacial score (nSPS) is 13.7. The molecule has 0 aliphatic carbocycles. The third-order valence-corrected chi connectivity index (χ3v) is 5.53. The summed E-state index contributed by atoms with van der Waals surface area (Å²) in [6.07, 6.45) is 1.70. The summed E-state index contributed by atoms with van der Waals surface area (Å²) >= 11 is 0. The largest absolute Gasteiger partial charge is 0.269 e. The van der Waals surface area contributed by atoms with Gasteiger partial charge in [-0.1, -0.05) is 48.5 Å². The number of rotatable bonds is 7. The molecule has 140 valence electrons. The maximum absolute atomic E-state index is 13.4. The van der Waals surface area contributed by atoms with E-state index in [1.807, 2.05) is 62.3 Å². The molecule has 0 amide bonds. The molecular formula is C18H35N3O2S. The van der Waals surface area contributed by atoms with Crippen molar-refractivity contribution in [2.24, 2.45) is 11.8 Å². The fraction of sp³-hybridized carbons (Fsp3) is 0.833. The Balaban J connectivity index is 3.48. The van der Waals surface area contributed by atoms with Crippen LogP contribution in [0.5, 0.6) is 0 Å². The van der Waals surface area contributed by atoms with Crippen molar-refractivity contribution < 1.29 is 8.42 Å². The van der Waals surface area contributed by atoms with Crippen molar-refractivity contribution in [2.75, 3.05) is 13.1 Å². The minimum atomic E-state index is -3.57. The number of hydrogen-bond acceptors (Lipinski definition) is 3. The molecule has 0 spiro atoms. The molecule has 0 unspecified atom stereocenters. The van der Waals surface area contributed by atoms with E-state index in [2.05, 4.69) is 5.10 Å². The van der Waals surface area contributed by atoms with Gasteiger partial charge in [-0.3, -0.25) is 4.68 Å². The highest BCUT2D eigenvalue weighted by Gasteiger charge is 2.34. The Kier molecular flexibility index (Phi) is 6.67. The maximum atomic E-state index is 13.4. The predicted octanol–water partition coefficient (Wildman–Crippen LogP) is 4.06. The Morgan fingerprint density at radius 2 is 1.50 bits per heavy atom. The number of nitrogens with zero attached hydrogens (tertiary/aromatic N) is 3. The van der Waals surface area contributed by atoms with Crippen LogP contribution in [-0.4, -0.2) is 35.6 Å². The molecule has 24 heavy (non-hydrogen) atoms. The third kappa shape index (κ3) is 5.06. The summed E-state index contributed by atoms with van der Waals surface area (Å²) in [5, 5.41) is 4.60. The van der Waals surface area contributed by atoms with Gasteiger partial charge in [-0.2, -0.15) is 9.40 Å². The zero-order valence-corrected chi connectivity index (χ0v) is 17.6. The molecule has 1 aromatic heterocycles. The Morgan fingerprint density at radius 1 is 1.04 bits per heavy atom. The van der Waals surface area contributed by atoms with E-state index in [4.69, 9.17) is 0 Å². The van der Waals surface area contributed by atoms with Gasteiger partial charge in [-0.25, -0.2) is 8.42 Å². The van der Waals surface area contributed by atoms with Gasteiger partial charge in [0, 0.05) is 30.7 Å². The van der Waals surface area contributed by atoms with Crippen molar-refractivity contribution in [3.8, 4) is 0 Å². The van der Waals surface area contributed by atoms with Crippen molar-refractivity contribution in [2.45, 2.75) is 78.7 Å². The Hall–Kier alpha value is -0.880. The van der Waals surface area contributed by atoms with E-state index in [0.29, 0.717) is 23.7 Å². The second-order valence-electron chi connectivity index (χ2n) is 8.78. The molecule has 0 saturated carbocycles. The summed E-state index contributed by atoms with van der Waals surface area (Å²) in [6.45, 7) is 19.3. The standard InChI is InChI=1S/C18H35N3O2S/c1-13(2)10-20(11-14(3)4)24(22,23)16-12-21(15(5)6)19-17(16)18(7,8)9/h12-15H,10-11H2,1-9H3. The SMILES string of the molecule is CC(C)CN(CC(C)C)S(=O)(=O)c1cn(C(C)C)nc1C(C)(C)C. The maximum Gasteiger partial charge on any atom is 0.246 e. The number of hydrogen-bond donors (Lipinski definition) is 0. The molecule has 1 heterocycles. The highest BCUT2D eigenvalue weighted by molar-refractivity contribution is 7.89. The minimum Gasteiger partial charge on any atom is -0.269 e. The lowest BCUT2D eigenvalue weighted by atomic mass is 9.92. The molecule has 1 aromatic rings. The number of aromatic nitrogens is 2. The summed E-state index contributed by atoms with van der Waals surface area (Å²) in [7, 11) is -3.57. The van der Waals surface area contributed by atoms with Crippen LogP contribution >= 0.6 is 0 Å². The van der Waals surface area contributed by atoms with E-state index >= 15 is 0 Å². The second-order valence-corrected chi connectivity index (χ2v) is 10.7. The van der Waals surface area contributed by atoms with Crippen molar-refractivity contribution in [1.29, 1.82) is 0 Å². The van der Waals surface area contributed by atoms with Gasteiger partial charge in [0.05, 0.1) is 5.69 Å². The van der Waals surface area contributed by atoms with E-state index in [9.17, 15) is 8.42 Å². The lowest BCUT2D eigenvalue weighted by molar-refractivity contribution is 0.332. The fourth-order valence-electron chi connectivity index (χ4n) is 2.57. The van der Waals surface area contributed by atoms with Crippen LogP contribution in [0.3, 0.4) is 0 Å². The highest BCUT2D eigenvalue weighted by Crippen LogP contribution is 2.31.